The number of hydrogen-bond donors (Lipinski definition) is 1. The maximum absolute atomic E-state index is 12.8. The zero-order chi connectivity index (χ0) is 17.7. The van der Waals surface area contributed by atoms with Gasteiger partial charge in [-0.1, -0.05) is 6.07 Å². The van der Waals surface area contributed by atoms with E-state index in [0.717, 1.165) is 0 Å². The largest absolute Gasteiger partial charge is 0.376 e. The number of sulfonamides is 1. The molecule has 1 aliphatic rings. The van der Waals surface area contributed by atoms with Crippen molar-refractivity contribution in [3.63, 3.8) is 0 Å². The molecule has 8 heteroatoms. The zero-order valence-corrected chi connectivity index (χ0v) is 15.2. The Bertz CT molecular complexity index is 674. The molecule has 1 heterocycles. The van der Waals surface area contributed by atoms with Gasteiger partial charge in [0.1, 0.15) is 0 Å². The molecule has 1 saturated heterocycles. The summed E-state index contributed by atoms with van der Waals surface area (Å²) in [4.78, 5) is 13.9. The van der Waals surface area contributed by atoms with E-state index in [2.05, 4.69) is 5.32 Å². The number of anilines is 1. The number of ether oxygens (including phenoxy) is 1. The maximum Gasteiger partial charge on any atom is 0.321 e. The van der Waals surface area contributed by atoms with Gasteiger partial charge in [-0.15, -0.1) is 0 Å². The first-order chi connectivity index (χ1) is 11.4. The zero-order valence-electron chi connectivity index (χ0n) is 14.4. The Hall–Kier alpha value is -1.64. The quantitative estimate of drug-likeness (QED) is 0.876. The molecular weight excluding hydrogens is 330 g/mol. The second-order valence-electron chi connectivity index (χ2n) is 5.67. The van der Waals surface area contributed by atoms with Gasteiger partial charge in [-0.25, -0.2) is 13.2 Å². The van der Waals surface area contributed by atoms with Crippen molar-refractivity contribution < 1.29 is 17.9 Å². The highest BCUT2D eigenvalue weighted by Crippen LogP contribution is 2.22. The molecule has 1 unspecified atom stereocenters. The first kappa shape index (κ1) is 18.7. The lowest BCUT2D eigenvalue weighted by atomic mass is 10.3. The number of nitrogens with one attached hydrogen (secondary N) is 1. The average Bonchev–Trinajstić information content (AvgIpc) is 2.56. The van der Waals surface area contributed by atoms with E-state index in [-0.39, 0.29) is 17.0 Å². The molecule has 1 N–H and O–H groups in total. The van der Waals surface area contributed by atoms with Gasteiger partial charge < -0.3 is 15.0 Å². The number of urea groups is 1. The van der Waals surface area contributed by atoms with E-state index in [1.165, 1.54) is 10.4 Å². The molecule has 1 aliphatic heterocycles. The lowest BCUT2D eigenvalue weighted by Gasteiger charge is -2.30. The molecule has 0 radical (unpaired) electrons. The maximum atomic E-state index is 12.8. The summed E-state index contributed by atoms with van der Waals surface area (Å²) in [6.07, 6.45) is -0.126. The van der Waals surface area contributed by atoms with Gasteiger partial charge in [0, 0.05) is 31.9 Å². The highest BCUT2D eigenvalue weighted by Gasteiger charge is 2.29. The van der Waals surface area contributed by atoms with Crippen molar-refractivity contribution >= 4 is 21.7 Å². The Kier molecular flexibility index (Phi) is 6.20. The molecule has 7 nitrogen and oxygen atoms in total. The van der Waals surface area contributed by atoms with Crippen molar-refractivity contribution in [2.45, 2.75) is 31.8 Å². The fourth-order valence-electron chi connectivity index (χ4n) is 2.60. The van der Waals surface area contributed by atoms with Crippen LogP contribution in [-0.4, -0.2) is 62.5 Å². The molecule has 0 bridgehead atoms. The highest BCUT2D eigenvalue weighted by atomic mass is 32.2. The third kappa shape index (κ3) is 4.25. The van der Waals surface area contributed by atoms with Gasteiger partial charge in [0.15, 0.2) is 0 Å². The number of nitrogens with zero attached hydrogens (tertiary/aromatic N) is 2. The molecule has 1 atom stereocenters. The molecule has 1 fully saturated rings. The topological polar surface area (TPSA) is 79.0 Å². The van der Waals surface area contributed by atoms with Crippen LogP contribution in [0.2, 0.25) is 0 Å². The lowest BCUT2D eigenvalue weighted by Crippen LogP contribution is -2.44. The van der Waals surface area contributed by atoms with Crippen LogP contribution < -0.4 is 5.32 Å². The molecule has 24 heavy (non-hydrogen) atoms. The van der Waals surface area contributed by atoms with E-state index in [1.807, 2.05) is 20.8 Å². The number of carbonyl (C=O) groups is 1. The Morgan fingerprint density at radius 3 is 2.71 bits per heavy atom. The third-order valence-corrected chi connectivity index (χ3v) is 5.84. The van der Waals surface area contributed by atoms with Gasteiger partial charge >= 0.3 is 6.03 Å². The standard InChI is InChI=1S/C16H25N3O4S/c1-4-18(5-2)16(20)17-14-7-6-8-15(11-14)24(21,22)19-9-10-23-13(3)12-19/h6-8,11,13H,4-5,9-10,12H2,1-3H3,(H,17,20). The minimum absolute atomic E-state index is 0.126. The molecule has 2 amide bonds. The molecular formula is C16H25N3O4S. The number of amides is 2. The SMILES string of the molecule is CCN(CC)C(=O)Nc1cccc(S(=O)(=O)N2CCOC(C)C2)c1. The van der Waals surface area contributed by atoms with Crippen LogP contribution in [0, 0.1) is 0 Å². The number of hydrogen-bond acceptors (Lipinski definition) is 4. The fraction of sp³-hybridized carbons (Fsp3) is 0.562. The Balaban J connectivity index is 2.18. The first-order valence-corrected chi connectivity index (χ1v) is 9.60. The van der Waals surface area contributed by atoms with Crippen molar-refractivity contribution in [2.24, 2.45) is 0 Å². The first-order valence-electron chi connectivity index (χ1n) is 8.16. The fourth-order valence-corrected chi connectivity index (χ4v) is 4.15. The lowest BCUT2D eigenvalue weighted by molar-refractivity contribution is 0.0102. The summed E-state index contributed by atoms with van der Waals surface area (Å²) in [5, 5.41) is 2.75. The van der Waals surface area contributed by atoms with Crippen LogP contribution in [0.15, 0.2) is 29.2 Å². The Morgan fingerprint density at radius 1 is 1.38 bits per heavy atom. The highest BCUT2D eigenvalue weighted by molar-refractivity contribution is 7.89. The third-order valence-electron chi connectivity index (χ3n) is 3.98. The van der Waals surface area contributed by atoms with E-state index >= 15 is 0 Å². The van der Waals surface area contributed by atoms with Crippen LogP contribution in [0.5, 0.6) is 0 Å². The van der Waals surface area contributed by atoms with Crippen LogP contribution in [0.1, 0.15) is 20.8 Å². The normalized spacial score (nSPS) is 19.0. The number of rotatable bonds is 5. The van der Waals surface area contributed by atoms with Crippen LogP contribution >= 0.6 is 0 Å². The molecule has 0 aromatic heterocycles. The predicted molar refractivity (Wildman–Crippen MR) is 92.6 cm³/mol. The van der Waals surface area contributed by atoms with Gasteiger partial charge in [-0.2, -0.15) is 4.31 Å². The van der Waals surface area contributed by atoms with Crippen LogP contribution in [-0.2, 0) is 14.8 Å². The van der Waals surface area contributed by atoms with Crippen LogP contribution in [0.25, 0.3) is 0 Å². The van der Waals surface area contributed by atoms with Crippen molar-refractivity contribution in [3.8, 4) is 0 Å². The number of carbonyl (C=O) groups excluding carboxylic acids is 1. The second kappa shape index (κ2) is 7.96. The van der Waals surface area contributed by atoms with Gasteiger partial charge in [-0.3, -0.25) is 0 Å². The van der Waals surface area contributed by atoms with E-state index in [0.29, 0.717) is 38.5 Å². The van der Waals surface area contributed by atoms with E-state index in [9.17, 15) is 13.2 Å². The average molecular weight is 355 g/mol. The summed E-state index contributed by atoms with van der Waals surface area (Å²) in [7, 11) is -3.60. The second-order valence-corrected chi connectivity index (χ2v) is 7.61. The van der Waals surface area contributed by atoms with Gasteiger partial charge in [0.2, 0.25) is 10.0 Å². The predicted octanol–water partition coefficient (Wildman–Crippen LogP) is 1.97. The van der Waals surface area contributed by atoms with Crippen molar-refractivity contribution in [1.82, 2.24) is 9.21 Å². The van der Waals surface area contributed by atoms with Crippen molar-refractivity contribution in [3.05, 3.63) is 24.3 Å². The van der Waals surface area contributed by atoms with Gasteiger partial charge in [0.05, 0.1) is 17.6 Å². The molecule has 0 aliphatic carbocycles. The Morgan fingerprint density at radius 2 is 2.08 bits per heavy atom. The van der Waals surface area contributed by atoms with Gasteiger partial charge in [0.25, 0.3) is 0 Å². The molecule has 0 spiro atoms. The summed E-state index contributed by atoms with van der Waals surface area (Å²) in [6.45, 7) is 7.87. The number of morpholine rings is 1. The summed E-state index contributed by atoms with van der Waals surface area (Å²) in [6, 6.07) is 6.12. The van der Waals surface area contributed by atoms with E-state index in [4.69, 9.17) is 4.74 Å². The Labute approximate surface area is 143 Å². The molecule has 2 rings (SSSR count). The summed E-state index contributed by atoms with van der Waals surface area (Å²) in [5.74, 6) is 0. The summed E-state index contributed by atoms with van der Waals surface area (Å²) in [5.41, 5.74) is 0.467. The van der Waals surface area contributed by atoms with Gasteiger partial charge in [-0.05, 0) is 39.0 Å². The molecule has 1 aromatic carbocycles. The summed E-state index contributed by atoms with van der Waals surface area (Å²) < 4.78 is 32.3. The minimum atomic E-state index is -3.60. The van der Waals surface area contributed by atoms with Crippen molar-refractivity contribution in [1.29, 1.82) is 0 Å². The van der Waals surface area contributed by atoms with Crippen molar-refractivity contribution in [2.75, 3.05) is 38.1 Å². The number of benzene rings is 1. The minimum Gasteiger partial charge on any atom is -0.376 e. The van der Waals surface area contributed by atoms with E-state index in [1.54, 1.807) is 23.1 Å². The van der Waals surface area contributed by atoms with Crippen LogP contribution in [0.3, 0.4) is 0 Å². The molecule has 0 saturated carbocycles. The van der Waals surface area contributed by atoms with Crippen LogP contribution in [0.4, 0.5) is 10.5 Å². The monoisotopic (exact) mass is 355 g/mol. The summed E-state index contributed by atoms with van der Waals surface area (Å²) >= 11 is 0. The van der Waals surface area contributed by atoms with E-state index < -0.39 is 10.0 Å². The smallest absolute Gasteiger partial charge is 0.321 e. The molecule has 1 aromatic rings. The molecule has 134 valence electrons.